The molecule has 1 aliphatic rings. The number of benzene rings is 2. The molecule has 5 rings (SSSR count). The summed E-state index contributed by atoms with van der Waals surface area (Å²) < 4.78 is 5.82. The van der Waals surface area contributed by atoms with Gasteiger partial charge in [0.2, 0.25) is 5.91 Å². The first-order valence-corrected chi connectivity index (χ1v) is 13.7. The summed E-state index contributed by atoms with van der Waals surface area (Å²) in [5, 5.41) is 7.47. The van der Waals surface area contributed by atoms with Crippen LogP contribution in [-0.2, 0) is 4.79 Å². The number of hydrogen-bond donors (Lipinski definition) is 3. The van der Waals surface area contributed by atoms with E-state index < -0.39 is 0 Å². The molecule has 0 atom stereocenters. The lowest BCUT2D eigenvalue weighted by atomic mass is 10.2. The van der Waals surface area contributed by atoms with Crippen LogP contribution in [0, 0.1) is 0 Å². The highest BCUT2D eigenvalue weighted by Gasteiger charge is 2.24. The highest BCUT2D eigenvalue weighted by Crippen LogP contribution is 2.26. The van der Waals surface area contributed by atoms with Crippen molar-refractivity contribution in [3.8, 4) is 17.1 Å². The molecule has 0 bridgehead atoms. The number of rotatable bonds is 10. The second-order valence-corrected chi connectivity index (χ2v) is 9.99. The van der Waals surface area contributed by atoms with Crippen molar-refractivity contribution in [2.45, 2.75) is 6.92 Å². The number of nitrogens with one attached hydrogen (secondary N) is 3. The summed E-state index contributed by atoms with van der Waals surface area (Å²) in [6.45, 7) is 6.55. The molecular formula is C29H32ClN7O3. The number of H-pyrrole nitrogens is 1. The zero-order valence-electron chi connectivity index (χ0n) is 22.3. The Labute approximate surface area is 237 Å². The number of halogens is 1. The zero-order chi connectivity index (χ0) is 27.9. The zero-order valence-corrected chi connectivity index (χ0v) is 23.1. The predicted octanol–water partition coefficient (Wildman–Crippen LogP) is 3.66. The van der Waals surface area contributed by atoms with Crippen LogP contribution in [0.2, 0.25) is 5.02 Å². The van der Waals surface area contributed by atoms with Crippen LogP contribution in [0.3, 0.4) is 0 Å². The molecule has 0 aliphatic carbocycles. The molecule has 0 unspecified atom stereocenters. The van der Waals surface area contributed by atoms with Gasteiger partial charge in [0.25, 0.3) is 5.91 Å². The van der Waals surface area contributed by atoms with Crippen molar-refractivity contribution < 1.29 is 14.3 Å². The summed E-state index contributed by atoms with van der Waals surface area (Å²) in [6.07, 6.45) is 0. The van der Waals surface area contributed by atoms with Crippen LogP contribution in [-0.4, -0.2) is 89.0 Å². The van der Waals surface area contributed by atoms with Gasteiger partial charge in [0.05, 0.1) is 5.39 Å². The van der Waals surface area contributed by atoms with Crippen molar-refractivity contribution in [3.63, 3.8) is 0 Å². The largest absolute Gasteiger partial charge is 0.492 e. The van der Waals surface area contributed by atoms with Crippen LogP contribution in [0.1, 0.15) is 17.4 Å². The Bertz CT molecular complexity index is 1450. The quantitative estimate of drug-likeness (QED) is 0.253. The Hall–Kier alpha value is -4.15. The van der Waals surface area contributed by atoms with Crippen LogP contribution in [0.4, 0.5) is 5.82 Å². The molecule has 1 saturated heterocycles. The summed E-state index contributed by atoms with van der Waals surface area (Å²) in [5.74, 6) is 1.78. The number of carbonyl (C=O) groups excluding carboxylic acids is 2. The van der Waals surface area contributed by atoms with E-state index in [1.54, 1.807) is 6.07 Å². The van der Waals surface area contributed by atoms with E-state index in [1.165, 1.54) is 6.92 Å². The number of hydrogen-bond acceptors (Lipinski definition) is 7. The summed E-state index contributed by atoms with van der Waals surface area (Å²) >= 11 is 5.93. The summed E-state index contributed by atoms with van der Waals surface area (Å²) in [5.41, 5.74) is 1.92. The fourth-order valence-electron chi connectivity index (χ4n) is 4.56. The number of carbonyl (C=O) groups is 2. The van der Waals surface area contributed by atoms with Crippen molar-refractivity contribution in [2.75, 3.05) is 57.7 Å². The van der Waals surface area contributed by atoms with Gasteiger partial charge in [0.1, 0.15) is 29.5 Å². The summed E-state index contributed by atoms with van der Waals surface area (Å²) in [7, 11) is 0. The number of aromatic amines is 1. The average Bonchev–Trinajstić information content (AvgIpc) is 3.41. The average molecular weight is 562 g/mol. The molecule has 11 heteroatoms. The van der Waals surface area contributed by atoms with Gasteiger partial charge in [-0.05, 0) is 30.3 Å². The van der Waals surface area contributed by atoms with E-state index in [4.69, 9.17) is 26.3 Å². The minimum absolute atomic E-state index is 0.0690. The first kappa shape index (κ1) is 27.4. The predicted molar refractivity (Wildman–Crippen MR) is 156 cm³/mol. The van der Waals surface area contributed by atoms with E-state index in [0.717, 1.165) is 36.3 Å². The molecule has 1 fully saturated rings. The molecule has 3 heterocycles. The Morgan fingerprint density at radius 1 is 1.00 bits per heavy atom. The minimum atomic E-state index is -0.0942. The molecule has 208 valence electrons. The number of amides is 2. The van der Waals surface area contributed by atoms with Crippen molar-refractivity contribution in [1.29, 1.82) is 0 Å². The minimum Gasteiger partial charge on any atom is -0.492 e. The van der Waals surface area contributed by atoms with Gasteiger partial charge in [-0.1, -0.05) is 41.9 Å². The van der Waals surface area contributed by atoms with Gasteiger partial charge in [-0.15, -0.1) is 0 Å². The summed E-state index contributed by atoms with van der Waals surface area (Å²) in [6, 6.07) is 18.8. The standard InChI is InChI=1S/C29H32ClN7O3/c1-20(38)31-11-12-32-27-24-19-25(33-28(24)35-26(34-27)21-5-3-2-4-6-21)29(39)37-15-13-36(14-16-37)17-18-40-23-9-7-22(30)8-10-23/h2-10,19H,11-18H2,1H3,(H,31,38)(H2,32,33,34,35). The maximum Gasteiger partial charge on any atom is 0.270 e. The molecule has 40 heavy (non-hydrogen) atoms. The van der Waals surface area contributed by atoms with E-state index >= 15 is 0 Å². The molecule has 0 spiro atoms. The van der Waals surface area contributed by atoms with Crippen molar-refractivity contribution in [2.24, 2.45) is 0 Å². The Morgan fingerprint density at radius 2 is 1.75 bits per heavy atom. The van der Waals surface area contributed by atoms with Crippen LogP contribution >= 0.6 is 11.6 Å². The van der Waals surface area contributed by atoms with E-state index in [9.17, 15) is 9.59 Å². The van der Waals surface area contributed by atoms with Crippen LogP contribution < -0.4 is 15.4 Å². The van der Waals surface area contributed by atoms with Gasteiger partial charge in [-0.2, -0.15) is 0 Å². The lowest BCUT2D eigenvalue weighted by Crippen LogP contribution is -2.49. The number of ether oxygens (including phenoxy) is 1. The molecule has 2 aromatic carbocycles. The fraction of sp³-hybridized carbons (Fsp3) is 0.310. The lowest BCUT2D eigenvalue weighted by Gasteiger charge is -2.34. The fourth-order valence-corrected chi connectivity index (χ4v) is 4.69. The Kier molecular flexibility index (Phi) is 8.78. The van der Waals surface area contributed by atoms with E-state index in [-0.39, 0.29) is 11.8 Å². The molecular weight excluding hydrogens is 530 g/mol. The van der Waals surface area contributed by atoms with E-state index in [0.29, 0.717) is 60.8 Å². The van der Waals surface area contributed by atoms with Gasteiger partial charge >= 0.3 is 0 Å². The monoisotopic (exact) mass is 561 g/mol. The Morgan fingerprint density at radius 3 is 2.48 bits per heavy atom. The van der Waals surface area contributed by atoms with Gasteiger partial charge in [-0.25, -0.2) is 9.97 Å². The second-order valence-electron chi connectivity index (χ2n) is 9.55. The molecule has 2 amide bonds. The van der Waals surface area contributed by atoms with E-state index in [1.807, 2.05) is 59.5 Å². The number of nitrogens with zero attached hydrogens (tertiary/aromatic N) is 4. The molecule has 10 nitrogen and oxygen atoms in total. The first-order valence-electron chi connectivity index (χ1n) is 13.3. The van der Waals surface area contributed by atoms with Gasteiger partial charge in [-0.3, -0.25) is 14.5 Å². The SMILES string of the molecule is CC(=O)NCCNc1nc(-c2ccccc2)nc2[nH]c(C(=O)N3CCN(CCOc4ccc(Cl)cc4)CC3)cc12. The van der Waals surface area contributed by atoms with Crippen molar-refractivity contribution in [3.05, 3.63) is 71.4 Å². The maximum absolute atomic E-state index is 13.4. The van der Waals surface area contributed by atoms with Crippen LogP contribution in [0.15, 0.2) is 60.7 Å². The molecule has 0 radical (unpaired) electrons. The van der Waals surface area contributed by atoms with Gasteiger partial charge in [0, 0.05) is 63.3 Å². The number of piperazine rings is 1. The summed E-state index contributed by atoms with van der Waals surface area (Å²) in [4.78, 5) is 41.5. The third-order valence-electron chi connectivity index (χ3n) is 6.69. The highest BCUT2D eigenvalue weighted by atomic mass is 35.5. The van der Waals surface area contributed by atoms with Gasteiger partial charge in [0.15, 0.2) is 5.82 Å². The number of aromatic nitrogens is 3. The van der Waals surface area contributed by atoms with Crippen molar-refractivity contribution >= 4 is 40.3 Å². The first-order chi connectivity index (χ1) is 19.5. The van der Waals surface area contributed by atoms with Crippen molar-refractivity contribution in [1.82, 2.24) is 30.1 Å². The molecule has 4 aromatic rings. The third kappa shape index (κ3) is 6.88. The van der Waals surface area contributed by atoms with Gasteiger partial charge < -0.3 is 25.3 Å². The molecule has 3 N–H and O–H groups in total. The number of anilines is 1. The highest BCUT2D eigenvalue weighted by molar-refractivity contribution is 6.30. The smallest absolute Gasteiger partial charge is 0.270 e. The second kappa shape index (κ2) is 12.8. The Balaban J connectivity index is 1.24. The molecule has 0 saturated carbocycles. The third-order valence-corrected chi connectivity index (χ3v) is 6.94. The molecule has 1 aliphatic heterocycles. The van der Waals surface area contributed by atoms with Crippen LogP contribution in [0.25, 0.3) is 22.4 Å². The number of fused-ring (bicyclic) bond motifs is 1. The lowest BCUT2D eigenvalue weighted by molar-refractivity contribution is -0.118. The topological polar surface area (TPSA) is 115 Å². The van der Waals surface area contributed by atoms with E-state index in [2.05, 4.69) is 20.5 Å². The van der Waals surface area contributed by atoms with Crippen LogP contribution in [0.5, 0.6) is 5.75 Å². The molecule has 2 aromatic heterocycles. The maximum atomic E-state index is 13.4. The normalized spacial score (nSPS) is 13.8.